The third-order valence-electron chi connectivity index (χ3n) is 3.29. The highest BCUT2D eigenvalue weighted by Crippen LogP contribution is 2.24. The summed E-state index contributed by atoms with van der Waals surface area (Å²) in [5, 5.41) is 22.6. The molecule has 24 heavy (non-hydrogen) atoms. The maximum absolute atomic E-state index is 11.6. The minimum Gasteiger partial charge on any atom is -0.445 e. The molecule has 1 aromatic heterocycles. The summed E-state index contributed by atoms with van der Waals surface area (Å²) in [6.45, 7) is -0.101. The number of hydrogen-bond donors (Lipinski definition) is 4. The lowest BCUT2D eigenvalue weighted by Gasteiger charge is -2.19. The Morgan fingerprint density at radius 1 is 1.33 bits per heavy atom. The normalized spacial score (nSPS) is 13.1. The maximum Gasteiger partial charge on any atom is 0.407 e. The van der Waals surface area contributed by atoms with E-state index in [0.29, 0.717) is 0 Å². The molecule has 0 aliphatic carbocycles. The summed E-state index contributed by atoms with van der Waals surface area (Å²) in [6, 6.07) is 10.5. The number of nitrogens with two attached hydrogens (primary N) is 1. The standard InChI is InChI=1S/C16H18ClN3O4/c17-14-6-12(18)11(7-19-14)15(22)13(21)8-20-16(23)24-9-10-4-2-1-3-5-10/h1-7,13,15,21-22H,8-9H2,(H2,18,19)(H,20,23). The van der Waals surface area contributed by atoms with Crippen LogP contribution in [0.5, 0.6) is 0 Å². The van der Waals surface area contributed by atoms with Crippen molar-refractivity contribution in [2.24, 2.45) is 0 Å². The number of benzene rings is 1. The first-order chi connectivity index (χ1) is 11.5. The number of rotatable bonds is 6. The van der Waals surface area contributed by atoms with Gasteiger partial charge >= 0.3 is 6.09 Å². The Labute approximate surface area is 144 Å². The van der Waals surface area contributed by atoms with Gasteiger partial charge in [0.05, 0.1) is 0 Å². The van der Waals surface area contributed by atoms with E-state index in [0.717, 1.165) is 5.56 Å². The summed E-state index contributed by atoms with van der Waals surface area (Å²) in [6.07, 6.45) is -2.02. The van der Waals surface area contributed by atoms with E-state index < -0.39 is 18.3 Å². The average Bonchev–Trinajstić information content (AvgIpc) is 2.58. The Morgan fingerprint density at radius 3 is 2.71 bits per heavy atom. The van der Waals surface area contributed by atoms with Crippen molar-refractivity contribution in [3.8, 4) is 0 Å². The molecule has 2 atom stereocenters. The molecule has 128 valence electrons. The van der Waals surface area contributed by atoms with Crippen LogP contribution in [-0.2, 0) is 11.3 Å². The van der Waals surface area contributed by atoms with Crippen molar-refractivity contribution in [3.05, 3.63) is 58.9 Å². The molecule has 7 nitrogen and oxygen atoms in total. The number of nitrogen functional groups attached to an aromatic ring is 1. The molecule has 2 unspecified atom stereocenters. The second-order valence-electron chi connectivity index (χ2n) is 5.09. The van der Waals surface area contributed by atoms with E-state index in [2.05, 4.69) is 10.3 Å². The zero-order valence-corrected chi connectivity index (χ0v) is 13.5. The van der Waals surface area contributed by atoms with Crippen molar-refractivity contribution in [1.29, 1.82) is 0 Å². The molecule has 1 heterocycles. The molecule has 8 heteroatoms. The number of halogens is 1. The molecule has 0 saturated heterocycles. The number of carbonyl (C=O) groups is 1. The van der Waals surface area contributed by atoms with Crippen molar-refractivity contribution in [2.45, 2.75) is 18.8 Å². The molecule has 1 amide bonds. The Balaban J connectivity index is 1.81. The third kappa shape index (κ3) is 5.09. The first-order valence-electron chi connectivity index (χ1n) is 7.19. The van der Waals surface area contributed by atoms with Gasteiger partial charge in [-0.2, -0.15) is 0 Å². The second-order valence-corrected chi connectivity index (χ2v) is 5.48. The topological polar surface area (TPSA) is 118 Å². The predicted octanol–water partition coefficient (Wildman–Crippen LogP) is 1.64. The van der Waals surface area contributed by atoms with Gasteiger partial charge in [0.25, 0.3) is 0 Å². The lowest BCUT2D eigenvalue weighted by atomic mass is 10.0. The third-order valence-corrected chi connectivity index (χ3v) is 3.49. The molecule has 0 saturated carbocycles. The van der Waals surface area contributed by atoms with Crippen molar-refractivity contribution in [3.63, 3.8) is 0 Å². The number of pyridine rings is 1. The highest BCUT2D eigenvalue weighted by molar-refractivity contribution is 6.29. The van der Waals surface area contributed by atoms with Crippen LogP contribution >= 0.6 is 11.6 Å². The van der Waals surface area contributed by atoms with Crippen molar-refractivity contribution < 1.29 is 19.7 Å². The van der Waals surface area contributed by atoms with E-state index in [1.807, 2.05) is 30.3 Å². The fourth-order valence-electron chi connectivity index (χ4n) is 1.98. The van der Waals surface area contributed by atoms with Crippen LogP contribution < -0.4 is 11.1 Å². The largest absolute Gasteiger partial charge is 0.445 e. The molecule has 0 bridgehead atoms. The van der Waals surface area contributed by atoms with E-state index in [9.17, 15) is 15.0 Å². The lowest BCUT2D eigenvalue weighted by Crippen LogP contribution is -2.36. The summed E-state index contributed by atoms with van der Waals surface area (Å²) < 4.78 is 5.01. The van der Waals surface area contributed by atoms with Gasteiger partial charge in [0.2, 0.25) is 0 Å². The van der Waals surface area contributed by atoms with E-state index >= 15 is 0 Å². The molecule has 0 aliphatic heterocycles. The minimum absolute atomic E-state index is 0.110. The van der Waals surface area contributed by atoms with Gasteiger partial charge in [-0.05, 0) is 11.6 Å². The number of alkyl carbamates (subject to hydrolysis) is 1. The minimum atomic E-state index is -1.32. The first-order valence-corrected chi connectivity index (χ1v) is 7.56. The van der Waals surface area contributed by atoms with Crippen LogP contribution in [0.3, 0.4) is 0 Å². The average molecular weight is 352 g/mol. The molecule has 1 aromatic carbocycles. The molecule has 5 N–H and O–H groups in total. The Hall–Kier alpha value is -2.35. The Kier molecular flexibility index (Phi) is 6.36. The molecule has 0 aliphatic rings. The number of amides is 1. The molecule has 0 spiro atoms. The summed E-state index contributed by atoms with van der Waals surface area (Å²) in [7, 11) is 0. The van der Waals surface area contributed by atoms with Gasteiger partial charge in [-0.15, -0.1) is 0 Å². The van der Waals surface area contributed by atoms with Gasteiger partial charge in [0.1, 0.15) is 24.0 Å². The number of aliphatic hydroxyl groups is 2. The predicted molar refractivity (Wildman–Crippen MR) is 89.3 cm³/mol. The number of hydrogen-bond acceptors (Lipinski definition) is 6. The van der Waals surface area contributed by atoms with E-state index in [-0.39, 0.29) is 29.6 Å². The van der Waals surface area contributed by atoms with Gasteiger partial charge in [0, 0.05) is 24.0 Å². The molecule has 2 aromatic rings. The number of nitrogens with one attached hydrogen (secondary N) is 1. The molecular formula is C16H18ClN3O4. The van der Waals surface area contributed by atoms with Gasteiger partial charge in [-0.1, -0.05) is 41.9 Å². The van der Waals surface area contributed by atoms with Crippen LogP contribution in [0, 0.1) is 0 Å². The highest BCUT2D eigenvalue weighted by Gasteiger charge is 2.22. The highest BCUT2D eigenvalue weighted by atomic mass is 35.5. The van der Waals surface area contributed by atoms with Crippen molar-refractivity contribution in [2.75, 3.05) is 12.3 Å². The number of aliphatic hydroxyl groups excluding tert-OH is 2. The Bertz CT molecular complexity index is 684. The van der Waals surface area contributed by atoms with Gasteiger partial charge in [0.15, 0.2) is 0 Å². The molecule has 2 rings (SSSR count). The maximum atomic E-state index is 11.6. The van der Waals surface area contributed by atoms with Crippen LogP contribution in [-0.4, -0.2) is 33.9 Å². The number of anilines is 1. The quantitative estimate of drug-likeness (QED) is 0.588. The Morgan fingerprint density at radius 2 is 2.04 bits per heavy atom. The molecule has 0 radical (unpaired) electrons. The second kappa shape index (κ2) is 8.49. The first kappa shape index (κ1) is 18.0. The smallest absolute Gasteiger partial charge is 0.407 e. The van der Waals surface area contributed by atoms with Gasteiger partial charge < -0.3 is 26.0 Å². The summed E-state index contributed by atoms with van der Waals surface area (Å²) in [4.78, 5) is 15.4. The van der Waals surface area contributed by atoms with E-state index in [4.69, 9.17) is 22.1 Å². The van der Waals surface area contributed by atoms with Crippen LogP contribution in [0.1, 0.15) is 17.2 Å². The molecule has 0 fully saturated rings. The van der Waals surface area contributed by atoms with Crippen molar-refractivity contribution in [1.82, 2.24) is 10.3 Å². The summed E-state index contributed by atoms with van der Waals surface area (Å²) in [5.74, 6) is 0. The number of carbonyl (C=O) groups excluding carboxylic acids is 1. The zero-order chi connectivity index (χ0) is 17.5. The molecular weight excluding hydrogens is 334 g/mol. The zero-order valence-electron chi connectivity index (χ0n) is 12.7. The van der Waals surface area contributed by atoms with Gasteiger partial charge in [-0.3, -0.25) is 0 Å². The fourth-order valence-corrected chi connectivity index (χ4v) is 2.15. The van der Waals surface area contributed by atoms with E-state index in [1.54, 1.807) is 0 Å². The van der Waals surface area contributed by atoms with E-state index in [1.165, 1.54) is 12.3 Å². The monoisotopic (exact) mass is 351 g/mol. The summed E-state index contributed by atoms with van der Waals surface area (Å²) in [5.41, 5.74) is 6.99. The lowest BCUT2D eigenvalue weighted by molar-refractivity contribution is 0.0186. The summed E-state index contributed by atoms with van der Waals surface area (Å²) >= 11 is 5.68. The number of nitrogens with zero attached hydrogens (tertiary/aromatic N) is 1. The van der Waals surface area contributed by atoms with Gasteiger partial charge in [-0.25, -0.2) is 9.78 Å². The number of aromatic nitrogens is 1. The number of ether oxygens (including phenoxy) is 1. The van der Waals surface area contributed by atoms with Crippen LogP contribution in [0.15, 0.2) is 42.6 Å². The SMILES string of the molecule is Nc1cc(Cl)ncc1C(O)C(O)CNC(=O)OCc1ccccc1. The van der Waals surface area contributed by atoms with Crippen LogP contribution in [0.25, 0.3) is 0 Å². The van der Waals surface area contributed by atoms with Crippen LogP contribution in [0.2, 0.25) is 5.15 Å². The van der Waals surface area contributed by atoms with Crippen molar-refractivity contribution >= 4 is 23.4 Å². The fraction of sp³-hybridized carbons (Fsp3) is 0.250. The van der Waals surface area contributed by atoms with Crippen LogP contribution in [0.4, 0.5) is 10.5 Å².